The fourth-order valence-corrected chi connectivity index (χ4v) is 2.89. The quantitative estimate of drug-likeness (QED) is 0.665. The molecule has 2 atom stereocenters. The van der Waals surface area contributed by atoms with Gasteiger partial charge in [0.05, 0.1) is 18.7 Å². The largest absolute Gasteiger partial charge is 0.495 e. The average molecular weight is 405 g/mol. The third-order valence-corrected chi connectivity index (χ3v) is 4.67. The van der Waals surface area contributed by atoms with Crippen LogP contribution in [0, 0.1) is 12.8 Å². The van der Waals surface area contributed by atoms with Crippen molar-refractivity contribution < 1.29 is 28.7 Å². The van der Waals surface area contributed by atoms with Gasteiger partial charge in [0.25, 0.3) is 5.91 Å². The van der Waals surface area contributed by atoms with Crippen molar-refractivity contribution in [3.63, 3.8) is 0 Å². The number of esters is 1. The average Bonchev–Trinajstić information content (AvgIpc) is 3.07. The first-order chi connectivity index (χ1) is 13.7. The lowest BCUT2D eigenvalue weighted by molar-refractivity contribution is -0.152. The molecule has 0 unspecified atom stereocenters. The summed E-state index contributed by atoms with van der Waals surface area (Å²) in [6.45, 7) is 5.13. The normalized spacial score (nSPS) is 16.9. The highest BCUT2D eigenvalue weighted by Gasteiger charge is 2.37. The molecule has 0 spiro atoms. The number of hydrogen-bond acceptors (Lipinski definition) is 6. The minimum absolute atomic E-state index is 0.0218. The van der Waals surface area contributed by atoms with E-state index in [9.17, 15) is 19.2 Å². The van der Waals surface area contributed by atoms with Crippen molar-refractivity contribution in [1.29, 1.82) is 0 Å². The number of anilines is 1. The van der Waals surface area contributed by atoms with Gasteiger partial charge in [0, 0.05) is 19.0 Å². The maximum atomic E-state index is 12.4. The van der Waals surface area contributed by atoms with E-state index in [-0.39, 0.29) is 24.9 Å². The number of ether oxygens (including phenoxy) is 2. The first-order valence-corrected chi connectivity index (χ1v) is 9.47. The van der Waals surface area contributed by atoms with E-state index in [4.69, 9.17) is 9.47 Å². The van der Waals surface area contributed by atoms with Crippen LogP contribution < -0.4 is 20.3 Å². The van der Waals surface area contributed by atoms with E-state index in [1.165, 1.54) is 12.0 Å². The Bertz CT molecular complexity index is 794. The number of amides is 4. The monoisotopic (exact) mass is 405 g/mol. The number of hydrogen-bond donors (Lipinski definition) is 2. The summed E-state index contributed by atoms with van der Waals surface area (Å²) < 4.78 is 10.3. The molecule has 29 heavy (non-hydrogen) atoms. The Balaban J connectivity index is 1.90. The number of carbonyl (C=O) groups excluding carboxylic acids is 4. The molecule has 0 aromatic heterocycles. The predicted octanol–water partition coefficient (Wildman–Crippen LogP) is 1.52. The molecule has 0 bridgehead atoms. The Labute approximate surface area is 169 Å². The summed E-state index contributed by atoms with van der Waals surface area (Å²) in [7, 11) is 1.51. The SMILES string of the molecule is CC[C@@H](C)NC(=O)NC(=O)COC(=O)[C@H]1CC(=O)N(c2cc(C)ccc2OC)C1. The van der Waals surface area contributed by atoms with Crippen LogP contribution >= 0.6 is 0 Å². The second kappa shape index (κ2) is 9.90. The minimum atomic E-state index is -0.735. The lowest BCUT2D eigenvalue weighted by atomic mass is 10.1. The molecular weight excluding hydrogens is 378 g/mol. The van der Waals surface area contributed by atoms with Crippen LogP contribution in [0.1, 0.15) is 32.3 Å². The van der Waals surface area contributed by atoms with Crippen molar-refractivity contribution in [2.75, 3.05) is 25.2 Å². The van der Waals surface area contributed by atoms with Gasteiger partial charge in [-0.15, -0.1) is 0 Å². The van der Waals surface area contributed by atoms with Gasteiger partial charge in [0.2, 0.25) is 5.91 Å². The van der Waals surface area contributed by atoms with Crippen LogP contribution in [-0.2, 0) is 19.1 Å². The van der Waals surface area contributed by atoms with E-state index in [2.05, 4.69) is 10.6 Å². The Hall–Kier alpha value is -3.10. The second-order valence-electron chi connectivity index (χ2n) is 7.02. The van der Waals surface area contributed by atoms with E-state index < -0.39 is 30.4 Å². The van der Waals surface area contributed by atoms with Crippen LogP contribution in [0.25, 0.3) is 0 Å². The first-order valence-electron chi connectivity index (χ1n) is 9.47. The summed E-state index contributed by atoms with van der Waals surface area (Å²) in [5.41, 5.74) is 1.54. The highest BCUT2D eigenvalue weighted by Crippen LogP contribution is 2.34. The Morgan fingerprint density at radius 2 is 2.03 bits per heavy atom. The van der Waals surface area contributed by atoms with Crippen LogP contribution in [-0.4, -0.2) is 50.1 Å². The fourth-order valence-electron chi connectivity index (χ4n) is 2.89. The van der Waals surface area contributed by atoms with Crippen molar-refractivity contribution in [2.45, 2.75) is 39.7 Å². The molecule has 9 heteroatoms. The van der Waals surface area contributed by atoms with E-state index in [0.29, 0.717) is 17.9 Å². The molecule has 1 saturated heterocycles. The van der Waals surface area contributed by atoms with Gasteiger partial charge >= 0.3 is 12.0 Å². The Kier molecular flexibility index (Phi) is 7.58. The van der Waals surface area contributed by atoms with Crippen LogP contribution in [0.3, 0.4) is 0 Å². The van der Waals surface area contributed by atoms with Gasteiger partial charge in [-0.05, 0) is 38.0 Å². The van der Waals surface area contributed by atoms with E-state index in [1.807, 2.05) is 26.0 Å². The van der Waals surface area contributed by atoms with E-state index in [1.54, 1.807) is 13.0 Å². The zero-order chi connectivity index (χ0) is 21.6. The molecule has 0 aliphatic carbocycles. The molecule has 2 N–H and O–H groups in total. The molecule has 1 aliphatic rings. The number of benzene rings is 1. The van der Waals surface area contributed by atoms with Crippen LogP contribution in [0.15, 0.2) is 18.2 Å². The number of imide groups is 1. The molecule has 1 fully saturated rings. The summed E-state index contributed by atoms with van der Waals surface area (Å²) in [6, 6.07) is 4.71. The molecule has 0 saturated carbocycles. The molecule has 158 valence electrons. The molecular formula is C20H27N3O6. The number of nitrogens with zero attached hydrogens (tertiary/aromatic N) is 1. The van der Waals surface area contributed by atoms with Gasteiger partial charge < -0.3 is 19.7 Å². The van der Waals surface area contributed by atoms with Gasteiger partial charge in [0.1, 0.15) is 5.75 Å². The number of nitrogens with one attached hydrogen (secondary N) is 2. The maximum Gasteiger partial charge on any atom is 0.321 e. The first kappa shape index (κ1) is 22.2. The molecule has 0 radical (unpaired) electrons. The van der Waals surface area contributed by atoms with Gasteiger partial charge in [0.15, 0.2) is 6.61 Å². The molecule has 1 heterocycles. The van der Waals surface area contributed by atoms with Crippen LogP contribution in [0.2, 0.25) is 0 Å². The lowest BCUT2D eigenvalue weighted by Crippen LogP contribution is -2.44. The smallest absolute Gasteiger partial charge is 0.321 e. The summed E-state index contributed by atoms with van der Waals surface area (Å²) in [4.78, 5) is 49.6. The molecule has 4 amide bonds. The predicted molar refractivity (Wildman–Crippen MR) is 106 cm³/mol. The van der Waals surface area contributed by atoms with E-state index in [0.717, 1.165) is 5.56 Å². The summed E-state index contributed by atoms with van der Waals surface area (Å²) in [6.07, 6.45) is 0.695. The number of carbonyl (C=O) groups is 4. The molecule has 1 aliphatic heterocycles. The van der Waals surface area contributed by atoms with E-state index >= 15 is 0 Å². The second-order valence-corrected chi connectivity index (χ2v) is 7.02. The van der Waals surface area contributed by atoms with Crippen molar-refractivity contribution in [3.8, 4) is 5.75 Å². The Morgan fingerprint density at radius 3 is 2.69 bits per heavy atom. The molecule has 2 rings (SSSR count). The van der Waals surface area contributed by atoms with Gasteiger partial charge in [-0.3, -0.25) is 19.7 Å². The number of rotatable bonds is 7. The topological polar surface area (TPSA) is 114 Å². The highest BCUT2D eigenvalue weighted by atomic mass is 16.5. The summed E-state index contributed by atoms with van der Waals surface area (Å²) in [5.74, 6) is -1.79. The van der Waals surface area contributed by atoms with Gasteiger partial charge in [-0.2, -0.15) is 0 Å². The molecule has 1 aromatic rings. The summed E-state index contributed by atoms with van der Waals surface area (Å²) in [5, 5.41) is 4.67. The third-order valence-electron chi connectivity index (χ3n) is 4.67. The molecule has 9 nitrogen and oxygen atoms in total. The maximum absolute atomic E-state index is 12.4. The Morgan fingerprint density at radius 1 is 1.31 bits per heavy atom. The standard InChI is InChI=1S/C20H27N3O6/c1-5-13(3)21-20(27)22-17(24)11-29-19(26)14-9-18(25)23(10-14)15-8-12(2)6-7-16(15)28-4/h6-8,13-14H,5,9-11H2,1-4H3,(H2,21,22,24,27)/t13-,14+/m1/s1. The summed E-state index contributed by atoms with van der Waals surface area (Å²) >= 11 is 0. The third kappa shape index (κ3) is 5.94. The number of urea groups is 1. The zero-order valence-electron chi connectivity index (χ0n) is 17.1. The number of aryl methyl sites for hydroxylation is 1. The zero-order valence-corrected chi connectivity index (χ0v) is 17.1. The number of methoxy groups -OCH3 is 1. The lowest BCUT2D eigenvalue weighted by Gasteiger charge is -2.20. The highest BCUT2D eigenvalue weighted by molar-refractivity contribution is 6.01. The van der Waals surface area contributed by atoms with Crippen molar-refractivity contribution in [2.24, 2.45) is 5.92 Å². The van der Waals surface area contributed by atoms with Gasteiger partial charge in [-0.1, -0.05) is 13.0 Å². The fraction of sp³-hybridized carbons (Fsp3) is 0.500. The van der Waals surface area contributed by atoms with Crippen molar-refractivity contribution >= 4 is 29.5 Å². The van der Waals surface area contributed by atoms with Crippen LogP contribution in [0.4, 0.5) is 10.5 Å². The van der Waals surface area contributed by atoms with Crippen molar-refractivity contribution in [1.82, 2.24) is 10.6 Å². The van der Waals surface area contributed by atoms with Crippen molar-refractivity contribution in [3.05, 3.63) is 23.8 Å². The molecule has 1 aromatic carbocycles. The minimum Gasteiger partial charge on any atom is -0.495 e. The van der Waals surface area contributed by atoms with Gasteiger partial charge in [-0.25, -0.2) is 4.79 Å². The van der Waals surface area contributed by atoms with Crippen LogP contribution in [0.5, 0.6) is 5.75 Å².